The van der Waals surface area contributed by atoms with E-state index in [1.165, 1.54) is 17.1 Å². The van der Waals surface area contributed by atoms with Crippen LogP contribution in [0.1, 0.15) is 41.1 Å². The number of nitrogens with two attached hydrogens (primary N) is 1. The molecule has 5 nitrogen and oxygen atoms in total. The highest BCUT2D eigenvalue weighted by Gasteiger charge is 2.21. The monoisotopic (exact) mass is 414 g/mol. The van der Waals surface area contributed by atoms with Crippen molar-refractivity contribution in [2.75, 3.05) is 20.1 Å². The van der Waals surface area contributed by atoms with E-state index >= 15 is 0 Å². The van der Waals surface area contributed by atoms with Crippen molar-refractivity contribution in [3.63, 3.8) is 0 Å². The Kier molecular flexibility index (Phi) is 7.17. The summed E-state index contributed by atoms with van der Waals surface area (Å²) in [5, 5.41) is 1.19. The Morgan fingerprint density at radius 2 is 2.07 bits per heavy atom. The Balaban J connectivity index is 1.72. The van der Waals surface area contributed by atoms with E-state index in [4.69, 9.17) is 10.5 Å². The van der Waals surface area contributed by atoms with Gasteiger partial charge in [-0.15, -0.1) is 11.3 Å². The van der Waals surface area contributed by atoms with Gasteiger partial charge < -0.3 is 15.4 Å². The molecule has 2 aromatic rings. The molecular weight excluding hydrogens is 387 g/mol. The Labute approximate surface area is 175 Å². The molecule has 29 heavy (non-hydrogen) atoms. The number of ether oxygens (including phenoxy) is 1. The van der Waals surface area contributed by atoms with Crippen molar-refractivity contribution < 1.29 is 9.13 Å². The third-order valence-corrected chi connectivity index (χ3v) is 6.35. The van der Waals surface area contributed by atoms with Crippen LogP contribution in [0.3, 0.4) is 0 Å². The van der Waals surface area contributed by atoms with Crippen LogP contribution in [-0.2, 0) is 11.3 Å². The molecule has 7 heteroatoms. The Morgan fingerprint density at radius 3 is 2.72 bits per heavy atom. The Bertz CT molecular complexity index is 896. The second-order valence-corrected chi connectivity index (χ2v) is 8.35. The average Bonchev–Trinajstić information content (AvgIpc) is 3.22. The highest BCUT2D eigenvalue weighted by Crippen LogP contribution is 2.33. The third-order valence-electron chi connectivity index (χ3n) is 5.06. The summed E-state index contributed by atoms with van der Waals surface area (Å²) in [6, 6.07) is 6.16. The number of allylic oxidation sites excluding steroid dienone is 2. The van der Waals surface area contributed by atoms with Gasteiger partial charge in [-0.1, -0.05) is 12.1 Å². The van der Waals surface area contributed by atoms with Gasteiger partial charge in [-0.05, 0) is 76.0 Å². The molecular formula is C22H27FN4OS. The highest BCUT2D eigenvalue weighted by molar-refractivity contribution is 7.12. The first kappa shape index (κ1) is 21.2. The molecule has 3 rings (SSSR count). The van der Waals surface area contributed by atoms with Gasteiger partial charge in [0.25, 0.3) is 0 Å². The summed E-state index contributed by atoms with van der Waals surface area (Å²) >= 11 is 1.72. The van der Waals surface area contributed by atoms with Crippen LogP contribution in [0.5, 0.6) is 0 Å². The Morgan fingerprint density at radius 1 is 1.38 bits per heavy atom. The van der Waals surface area contributed by atoms with Crippen LogP contribution in [0.25, 0.3) is 5.57 Å². The van der Waals surface area contributed by atoms with Gasteiger partial charge in [0.05, 0.1) is 9.88 Å². The lowest BCUT2D eigenvalue weighted by Crippen LogP contribution is -2.29. The lowest BCUT2D eigenvalue weighted by Gasteiger charge is -2.27. The fourth-order valence-corrected chi connectivity index (χ4v) is 4.25. The highest BCUT2D eigenvalue weighted by atomic mass is 32.1. The standard InChI is InChI=1S/C22H27FN4OS/c1-15(20-13-26-22(29-20)17-8-10-27(3)11-9-17)12-19(21(24)25-2)28-14-16-4-6-18(23)7-5-16/h4-7,12-13,17H,2,8-11,14,24H2,1,3H3/b15-12+,21-19+. The third kappa shape index (κ3) is 5.74. The number of hydrogen-bond acceptors (Lipinski definition) is 6. The van der Waals surface area contributed by atoms with E-state index < -0.39 is 0 Å². The molecule has 154 valence electrons. The normalized spacial score (nSPS) is 17.1. The van der Waals surface area contributed by atoms with Crippen molar-refractivity contribution in [2.24, 2.45) is 10.7 Å². The van der Waals surface area contributed by atoms with Crippen molar-refractivity contribution >= 4 is 23.6 Å². The first-order valence-electron chi connectivity index (χ1n) is 9.63. The molecule has 1 fully saturated rings. The summed E-state index contributed by atoms with van der Waals surface area (Å²) in [6.07, 6.45) is 6.07. The Hall–Kier alpha value is -2.51. The maximum absolute atomic E-state index is 13.1. The van der Waals surface area contributed by atoms with E-state index in [1.807, 2.05) is 19.2 Å². The zero-order valence-electron chi connectivity index (χ0n) is 16.9. The average molecular weight is 415 g/mol. The summed E-state index contributed by atoms with van der Waals surface area (Å²) in [5.41, 5.74) is 7.82. The topological polar surface area (TPSA) is 63.7 Å². The summed E-state index contributed by atoms with van der Waals surface area (Å²) < 4.78 is 18.9. The number of piperidine rings is 1. The van der Waals surface area contributed by atoms with Crippen LogP contribution in [0.2, 0.25) is 0 Å². The molecule has 1 aliphatic rings. The zero-order valence-corrected chi connectivity index (χ0v) is 17.7. The number of halogens is 1. The number of hydrogen-bond donors (Lipinski definition) is 1. The predicted molar refractivity (Wildman–Crippen MR) is 117 cm³/mol. The molecule has 0 amide bonds. The molecule has 0 unspecified atom stereocenters. The van der Waals surface area contributed by atoms with Crippen LogP contribution in [0.15, 0.2) is 53.1 Å². The molecule has 1 aliphatic heterocycles. The van der Waals surface area contributed by atoms with Gasteiger partial charge in [0.1, 0.15) is 12.4 Å². The van der Waals surface area contributed by atoms with E-state index in [9.17, 15) is 4.39 Å². The first-order chi connectivity index (χ1) is 14.0. The van der Waals surface area contributed by atoms with Gasteiger partial charge in [0.2, 0.25) is 0 Å². The second kappa shape index (κ2) is 9.80. The fraction of sp³-hybridized carbons (Fsp3) is 0.364. The van der Waals surface area contributed by atoms with Crippen LogP contribution in [0.4, 0.5) is 4.39 Å². The lowest BCUT2D eigenvalue weighted by atomic mass is 9.98. The second-order valence-electron chi connectivity index (χ2n) is 7.29. The van der Waals surface area contributed by atoms with Crippen LogP contribution >= 0.6 is 11.3 Å². The summed E-state index contributed by atoms with van der Waals surface area (Å²) in [5.74, 6) is 0.906. The van der Waals surface area contributed by atoms with Gasteiger partial charge in [-0.3, -0.25) is 0 Å². The van der Waals surface area contributed by atoms with Crippen LogP contribution in [0, 0.1) is 5.82 Å². The van der Waals surface area contributed by atoms with Gasteiger partial charge in [0, 0.05) is 12.1 Å². The number of aliphatic imine (C=N–C) groups is 1. The molecule has 1 saturated heterocycles. The van der Waals surface area contributed by atoms with E-state index in [1.54, 1.807) is 23.5 Å². The number of nitrogens with zero attached hydrogens (tertiary/aromatic N) is 3. The van der Waals surface area contributed by atoms with Crippen molar-refractivity contribution in [3.8, 4) is 0 Å². The van der Waals surface area contributed by atoms with Gasteiger partial charge >= 0.3 is 0 Å². The molecule has 0 radical (unpaired) electrons. The molecule has 0 saturated carbocycles. The van der Waals surface area contributed by atoms with Crippen LogP contribution < -0.4 is 5.73 Å². The molecule has 1 aromatic heterocycles. The maximum Gasteiger partial charge on any atom is 0.165 e. The van der Waals surface area contributed by atoms with Gasteiger partial charge in [-0.25, -0.2) is 14.4 Å². The summed E-state index contributed by atoms with van der Waals surface area (Å²) in [4.78, 5) is 11.9. The minimum absolute atomic E-state index is 0.214. The van der Waals surface area contributed by atoms with E-state index in [-0.39, 0.29) is 18.2 Å². The molecule has 0 spiro atoms. The first-order valence-corrected chi connectivity index (χ1v) is 10.4. The summed E-state index contributed by atoms with van der Waals surface area (Å²) in [7, 11) is 2.16. The minimum Gasteiger partial charge on any atom is -0.485 e. The smallest absolute Gasteiger partial charge is 0.165 e. The SMILES string of the molecule is C=N/C(N)=C(\C=C(/C)c1cnc(C2CCN(C)CC2)s1)OCc1ccc(F)cc1. The van der Waals surface area contributed by atoms with Crippen molar-refractivity contribution in [3.05, 3.63) is 69.4 Å². The molecule has 0 aliphatic carbocycles. The molecule has 1 aromatic carbocycles. The van der Waals surface area contributed by atoms with Crippen LogP contribution in [-0.4, -0.2) is 36.7 Å². The maximum atomic E-state index is 13.1. The number of rotatable bonds is 7. The summed E-state index contributed by atoms with van der Waals surface area (Å²) in [6.45, 7) is 7.98. The molecule has 2 N–H and O–H groups in total. The quantitative estimate of drug-likeness (QED) is 0.410. The van der Waals surface area contributed by atoms with Crippen molar-refractivity contribution in [2.45, 2.75) is 32.3 Å². The predicted octanol–water partition coefficient (Wildman–Crippen LogP) is 4.54. The molecule has 0 bridgehead atoms. The number of thiazole rings is 1. The minimum atomic E-state index is -0.280. The van der Waals surface area contributed by atoms with Gasteiger partial charge in [-0.2, -0.15) is 0 Å². The van der Waals surface area contributed by atoms with E-state index in [0.29, 0.717) is 11.7 Å². The molecule has 0 atom stereocenters. The fourth-order valence-electron chi connectivity index (χ4n) is 3.19. The lowest BCUT2D eigenvalue weighted by molar-refractivity contribution is 0.207. The van der Waals surface area contributed by atoms with Crippen molar-refractivity contribution in [1.82, 2.24) is 9.88 Å². The number of likely N-dealkylation sites (tertiary alicyclic amines) is 1. The largest absolute Gasteiger partial charge is 0.485 e. The van der Waals surface area contributed by atoms with Gasteiger partial charge in [0.15, 0.2) is 11.6 Å². The van der Waals surface area contributed by atoms with E-state index in [0.717, 1.165) is 41.9 Å². The zero-order chi connectivity index (χ0) is 20.8. The number of aromatic nitrogens is 1. The molecule has 2 heterocycles. The van der Waals surface area contributed by atoms with Crippen molar-refractivity contribution in [1.29, 1.82) is 0 Å². The van der Waals surface area contributed by atoms with E-state index in [2.05, 4.69) is 28.6 Å². The number of benzene rings is 1.